The molecule has 0 unspecified atom stereocenters. The average molecular weight is 412 g/mol. The third-order valence-electron chi connectivity index (χ3n) is 3.45. The van der Waals surface area contributed by atoms with Crippen molar-refractivity contribution < 1.29 is 4.74 Å². The first-order valence-corrected chi connectivity index (χ1v) is 9.10. The van der Waals surface area contributed by atoms with E-state index in [4.69, 9.17) is 4.74 Å². The monoisotopic (exact) mass is 411 g/mol. The Bertz CT molecular complexity index is 959. The van der Waals surface area contributed by atoms with Gasteiger partial charge in [-0.2, -0.15) is 5.26 Å². The number of nitriles is 1. The third kappa shape index (κ3) is 4.08. The number of halogens is 1. The highest BCUT2D eigenvalue weighted by molar-refractivity contribution is 9.10. The van der Waals surface area contributed by atoms with Crippen LogP contribution in [0.3, 0.4) is 0 Å². The van der Waals surface area contributed by atoms with Crippen LogP contribution in [0.2, 0.25) is 0 Å². The highest BCUT2D eigenvalue weighted by Crippen LogP contribution is 2.28. The van der Waals surface area contributed by atoms with Gasteiger partial charge in [-0.1, -0.05) is 40.2 Å². The largest absolute Gasteiger partial charge is 0.495 e. The maximum absolute atomic E-state index is 9.48. The molecule has 0 fully saturated rings. The van der Waals surface area contributed by atoms with Gasteiger partial charge in [0.25, 0.3) is 0 Å². The zero-order valence-electron chi connectivity index (χ0n) is 13.4. The molecule has 0 radical (unpaired) electrons. The van der Waals surface area contributed by atoms with E-state index in [1.54, 1.807) is 13.3 Å². The van der Waals surface area contributed by atoms with Crippen molar-refractivity contribution in [3.8, 4) is 23.1 Å². The molecule has 25 heavy (non-hydrogen) atoms. The van der Waals surface area contributed by atoms with Crippen molar-refractivity contribution in [3.63, 3.8) is 0 Å². The number of ether oxygens (including phenoxy) is 1. The Kier molecular flexibility index (Phi) is 5.49. The van der Waals surface area contributed by atoms with Crippen molar-refractivity contribution in [1.82, 2.24) is 4.98 Å². The molecule has 3 rings (SSSR count). The molecule has 0 aliphatic rings. The molecule has 1 heterocycles. The van der Waals surface area contributed by atoms with Crippen LogP contribution < -0.4 is 10.1 Å². The van der Waals surface area contributed by atoms with E-state index >= 15 is 0 Å². The molecule has 4 nitrogen and oxygen atoms in total. The maximum atomic E-state index is 9.48. The summed E-state index contributed by atoms with van der Waals surface area (Å²) in [6.45, 7) is 0. The number of para-hydroxylation sites is 2. The second-order valence-electron chi connectivity index (χ2n) is 5.06. The fourth-order valence-corrected chi connectivity index (χ4v) is 3.43. The summed E-state index contributed by atoms with van der Waals surface area (Å²) < 4.78 is 6.29. The van der Waals surface area contributed by atoms with Gasteiger partial charge in [0.05, 0.1) is 18.5 Å². The average Bonchev–Trinajstić information content (AvgIpc) is 3.12. The summed E-state index contributed by atoms with van der Waals surface area (Å²) in [7, 11) is 1.61. The lowest BCUT2D eigenvalue weighted by atomic mass is 10.2. The molecular weight excluding hydrogens is 398 g/mol. The molecule has 1 aromatic heterocycles. The second-order valence-corrected chi connectivity index (χ2v) is 6.84. The predicted molar refractivity (Wildman–Crippen MR) is 105 cm³/mol. The zero-order chi connectivity index (χ0) is 17.6. The molecule has 1 N–H and O–H groups in total. The lowest BCUT2D eigenvalue weighted by Gasteiger charge is -2.07. The van der Waals surface area contributed by atoms with Crippen LogP contribution in [-0.2, 0) is 0 Å². The van der Waals surface area contributed by atoms with Gasteiger partial charge in [-0.05, 0) is 24.3 Å². The van der Waals surface area contributed by atoms with E-state index in [1.165, 1.54) is 11.3 Å². The highest BCUT2D eigenvalue weighted by atomic mass is 79.9. The van der Waals surface area contributed by atoms with Crippen LogP contribution in [0.1, 0.15) is 5.01 Å². The molecule has 0 bridgehead atoms. The Morgan fingerprint density at radius 1 is 1.28 bits per heavy atom. The van der Waals surface area contributed by atoms with E-state index in [0.29, 0.717) is 16.3 Å². The minimum atomic E-state index is 0.470. The number of methoxy groups -OCH3 is 1. The summed E-state index contributed by atoms with van der Waals surface area (Å²) >= 11 is 4.90. The van der Waals surface area contributed by atoms with Gasteiger partial charge in [-0.3, -0.25) is 0 Å². The van der Waals surface area contributed by atoms with Gasteiger partial charge in [0.15, 0.2) is 0 Å². The van der Waals surface area contributed by atoms with Crippen molar-refractivity contribution in [2.75, 3.05) is 12.4 Å². The van der Waals surface area contributed by atoms with Crippen molar-refractivity contribution in [2.24, 2.45) is 0 Å². The first-order valence-electron chi connectivity index (χ1n) is 7.43. The summed E-state index contributed by atoms with van der Waals surface area (Å²) in [5.41, 5.74) is 3.12. The van der Waals surface area contributed by atoms with Crippen LogP contribution in [0.4, 0.5) is 5.69 Å². The summed E-state index contributed by atoms with van der Waals surface area (Å²) in [4.78, 5) is 4.58. The molecule has 0 aliphatic heterocycles. The lowest BCUT2D eigenvalue weighted by molar-refractivity contribution is 0.417. The summed E-state index contributed by atoms with van der Waals surface area (Å²) in [6, 6.07) is 17.7. The quantitative estimate of drug-likeness (QED) is 0.558. The minimum absolute atomic E-state index is 0.470. The van der Waals surface area contributed by atoms with Crippen molar-refractivity contribution in [1.29, 1.82) is 5.26 Å². The van der Waals surface area contributed by atoms with E-state index in [1.807, 2.05) is 53.9 Å². The molecule has 0 saturated heterocycles. The van der Waals surface area contributed by atoms with Gasteiger partial charge in [0.2, 0.25) is 0 Å². The molecule has 2 aromatic carbocycles. The number of benzene rings is 2. The fraction of sp³-hybridized carbons (Fsp3) is 0.0526. The minimum Gasteiger partial charge on any atom is -0.495 e. The van der Waals surface area contributed by atoms with Crippen LogP contribution in [0.25, 0.3) is 16.8 Å². The number of rotatable bonds is 5. The molecule has 0 spiro atoms. The number of nitrogens with zero attached hydrogens (tertiary/aromatic N) is 2. The molecule has 3 aromatic rings. The maximum Gasteiger partial charge on any atom is 0.142 e. The van der Waals surface area contributed by atoms with Crippen molar-refractivity contribution in [3.05, 3.63) is 69.6 Å². The topological polar surface area (TPSA) is 57.9 Å². The van der Waals surface area contributed by atoms with E-state index < -0.39 is 0 Å². The number of allylic oxidation sites excluding steroid dienone is 1. The Labute approximate surface area is 158 Å². The lowest BCUT2D eigenvalue weighted by Crippen LogP contribution is -1.94. The number of aromatic nitrogens is 1. The molecular formula is C19H14BrN3OS. The summed E-state index contributed by atoms with van der Waals surface area (Å²) in [5.74, 6) is 0.713. The van der Waals surface area contributed by atoms with E-state index in [2.05, 4.69) is 32.3 Å². The third-order valence-corrected chi connectivity index (χ3v) is 4.82. The SMILES string of the molecule is COc1ccccc1N/C=C(\C#N)c1nc(-c2cccc(Br)c2)cs1. The molecule has 0 amide bonds. The van der Waals surface area contributed by atoms with Crippen molar-refractivity contribution in [2.45, 2.75) is 0 Å². The molecule has 0 atom stereocenters. The van der Waals surface area contributed by atoms with Gasteiger partial charge in [-0.25, -0.2) is 4.98 Å². The first kappa shape index (κ1) is 17.2. The zero-order valence-corrected chi connectivity index (χ0v) is 15.8. The summed E-state index contributed by atoms with van der Waals surface area (Å²) in [5, 5.41) is 15.2. The molecule has 6 heteroatoms. The Hall–Kier alpha value is -2.62. The van der Waals surface area contributed by atoms with Gasteiger partial charge in [0.1, 0.15) is 22.4 Å². The van der Waals surface area contributed by atoms with Crippen LogP contribution >= 0.6 is 27.3 Å². The second kappa shape index (κ2) is 7.97. The number of hydrogen-bond donors (Lipinski definition) is 1. The normalized spacial score (nSPS) is 11.0. The van der Waals surface area contributed by atoms with Crippen LogP contribution in [0.15, 0.2) is 64.6 Å². The number of hydrogen-bond acceptors (Lipinski definition) is 5. The molecule has 0 saturated carbocycles. The Morgan fingerprint density at radius 3 is 2.88 bits per heavy atom. The van der Waals surface area contributed by atoms with Gasteiger partial charge < -0.3 is 10.1 Å². The molecule has 0 aliphatic carbocycles. The van der Waals surface area contributed by atoms with E-state index in [-0.39, 0.29) is 0 Å². The molecule has 124 valence electrons. The highest BCUT2D eigenvalue weighted by Gasteiger charge is 2.09. The van der Waals surface area contributed by atoms with Gasteiger partial charge >= 0.3 is 0 Å². The van der Waals surface area contributed by atoms with E-state index in [9.17, 15) is 5.26 Å². The number of thiazole rings is 1. The summed E-state index contributed by atoms with van der Waals surface area (Å²) in [6.07, 6.45) is 1.65. The number of nitrogens with one attached hydrogen (secondary N) is 1. The van der Waals surface area contributed by atoms with Crippen LogP contribution in [-0.4, -0.2) is 12.1 Å². The van der Waals surface area contributed by atoms with Crippen LogP contribution in [0, 0.1) is 11.3 Å². The number of anilines is 1. The first-order chi connectivity index (χ1) is 12.2. The van der Waals surface area contributed by atoms with Gasteiger partial charge in [0, 0.05) is 21.6 Å². The van der Waals surface area contributed by atoms with Crippen molar-refractivity contribution >= 4 is 38.5 Å². The standard InChI is InChI=1S/C19H14BrN3OS/c1-24-18-8-3-2-7-16(18)22-11-14(10-21)19-23-17(12-25-19)13-5-4-6-15(20)9-13/h2-9,11-12,22H,1H3/b14-11+. The van der Waals surface area contributed by atoms with Gasteiger partial charge in [-0.15, -0.1) is 11.3 Å². The fourth-order valence-electron chi connectivity index (χ4n) is 2.23. The van der Waals surface area contributed by atoms with E-state index in [0.717, 1.165) is 21.4 Å². The van der Waals surface area contributed by atoms with Crippen LogP contribution in [0.5, 0.6) is 5.75 Å². The Balaban J connectivity index is 1.85. The predicted octanol–water partition coefficient (Wildman–Crippen LogP) is 5.56. The Morgan fingerprint density at radius 2 is 2.12 bits per heavy atom. The smallest absolute Gasteiger partial charge is 0.142 e.